The predicted octanol–water partition coefficient (Wildman–Crippen LogP) is 3.86. The summed E-state index contributed by atoms with van der Waals surface area (Å²) in [6.07, 6.45) is 3.40. The maximum absolute atomic E-state index is 12.0. The van der Waals surface area contributed by atoms with E-state index in [-0.39, 0.29) is 11.7 Å². The zero-order chi connectivity index (χ0) is 18.9. The lowest BCUT2D eigenvalue weighted by molar-refractivity contribution is -0.118. The molecule has 1 N–H and O–H groups in total. The van der Waals surface area contributed by atoms with Crippen molar-refractivity contribution in [3.8, 4) is 0 Å². The van der Waals surface area contributed by atoms with Crippen LogP contribution in [0.3, 0.4) is 0 Å². The van der Waals surface area contributed by atoms with Crippen LogP contribution < -0.4 is 5.43 Å². The molecule has 1 amide bonds. The third-order valence-corrected chi connectivity index (χ3v) is 6.61. The molecule has 0 atom stereocenters. The van der Waals surface area contributed by atoms with Crippen LogP contribution in [0.15, 0.2) is 68.6 Å². The topological polar surface area (TPSA) is 80.1 Å². The molecule has 138 valence electrons. The van der Waals surface area contributed by atoms with Crippen LogP contribution in [-0.2, 0) is 10.5 Å². The van der Waals surface area contributed by atoms with Crippen molar-refractivity contribution >= 4 is 46.5 Å². The molecular weight excluding hydrogens is 398 g/mol. The van der Waals surface area contributed by atoms with Gasteiger partial charge >= 0.3 is 0 Å². The molecular formula is C18H17N5OS3. The Balaban J connectivity index is 1.43. The van der Waals surface area contributed by atoms with E-state index in [0.717, 1.165) is 20.0 Å². The van der Waals surface area contributed by atoms with Crippen molar-refractivity contribution < 1.29 is 4.79 Å². The van der Waals surface area contributed by atoms with Gasteiger partial charge in [-0.15, -0.1) is 10.2 Å². The second-order valence-corrected chi connectivity index (χ2v) is 8.79. The van der Waals surface area contributed by atoms with E-state index < -0.39 is 0 Å². The fourth-order valence-electron chi connectivity index (χ4n) is 1.98. The Hall–Kier alpha value is -2.23. The molecule has 0 spiro atoms. The highest BCUT2D eigenvalue weighted by Crippen LogP contribution is 2.30. The van der Waals surface area contributed by atoms with E-state index >= 15 is 0 Å². The number of pyridine rings is 1. The number of rotatable bonds is 8. The van der Waals surface area contributed by atoms with Gasteiger partial charge in [-0.25, -0.2) is 5.43 Å². The van der Waals surface area contributed by atoms with Crippen LogP contribution in [0.1, 0.15) is 18.1 Å². The van der Waals surface area contributed by atoms with Gasteiger partial charge in [-0.1, -0.05) is 71.3 Å². The van der Waals surface area contributed by atoms with Gasteiger partial charge < -0.3 is 0 Å². The molecule has 0 unspecified atom stereocenters. The number of hydrogen-bond donors (Lipinski definition) is 1. The SMILES string of the molecule is C/C(=N\NC(=O)CSc1nnc(SCc2ccccc2)s1)c1cccnc1. The third-order valence-electron chi connectivity index (χ3n) is 3.35. The molecule has 2 aromatic heterocycles. The van der Waals surface area contributed by atoms with Crippen molar-refractivity contribution in [2.75, 3.05) is 5.75 Å². The van der Waals surface area contributed by atoms with Crippen LogP contribution in [0.5, 0.6) is 0 Å². The van der Waals surface area contributed by atoms with E-state index in [1.54, 1.807) is 24.2 Å². The Morgan fingerprint density at radius 2 is 1.89 bits per heavy atom. The van der Waals surface area contributed by atoms with Crippen LogP contribution >= 0.6 is 34.9 Å². The minimum absolute atomic E-state index is 0.183. The Kier molecular flexibility index (Phi) is 7.37. The Labute approximate surface area is 169 Å². The molecule has 0 radical (unpaired) electrons. The number of benzene rings is 1. The van der Waals surface area contributed by atoms with Crippen LogP contribution in [-0.4, -0.2) is 32.6 Å². The minimum atomic E-state index is -0.183. The van der Waals surface area contributed by atoms with Crippen LogP contribution in [0.4, 0.5) is 0 Å². The number of carbonyl (C=O) groups is 1. The monoisotopic (exact) mass is 415 g/mol. The standard InChI is InChI=1S/C18H17N5OS3/c1-13(15-8-5-9-19-10-15)20-21-16(24)12-26-18-23-22-17(27-18)25-11-14-6-3-2-4-7-14/h2-10H,11-12H2,1H3,(H,21,24)/b20-13+. The van der Waals surface area contributed by atoms with Crippen LogP contribution in [0.2, 0.25) is 0 Å². The molecule has 0 bridgehead atoms. The Morgan fingerprint density at radius 3 is 2.63 bits per heavy atom. The smallest absolute Gasteiger partial charge is 0.250 e. The summed E-state index contributed by atoms with van der Waals surface area (Å²) in [6, 6.07) is 13.9. The molecule has 2 heterocycles. The fraction of sp³-hybridized carbons (Fsp3) is 0.167. The first-order chi connectivity index (χ1) is 13.2. The summed E-state index contributed by atoms with van der Waals surface area (Å²) >= 11 is 4.50. The van der Waals surface area contributed by atoms with Crippen molar-refractivity contribution in [3.05, 3.63) is 66.0 Å². The van der Waals surface area contributed by atoms with Gasteiger partial charge in [0.05, 0.1) is 11.5 Å². The second-order valence-electron chi connectivity index (χ2n) is 5.37. The van der Waals surface area contributed by atoms with Gasteiger partial charge in [0.2, 0.25) is 0 Å². The first kappa shape index (κ1) is 19.5. The van der Waals surface area contributed by atoms with Gasteiger partial charge in [-0.2, -0.15) is 5.10 Å². The number of nitrogens with zero attached hydrogens (tertiary/aromatic N) is 4. The zero-order valence-corrected chi connectivity index (χ0v) is 17.0. The van der Waals surface area contributed by atoms with E-state index in [1.807, 2.05) is 37.3 Å². The van der Waals surface area contributed by atoms with Crippen molar-refractivity contribution in [1.82, 2.24) is 20.6 Å². The lowest BCUT2D eigenvalue weighted by atomic mass is 10.2. The van der Waals surface area contributed by atoms with Gasteiger partial charge in [0.15, 0.2) is 8.68 Å². The molecule has 3 rings (SSSR count). The molecule has 3 aromatic rings. The highest BCUT2D eigenvalue weighted by molar-refractivity contribution is 8.03. The van der Waals surface area contributed by atoms with Crippen LogP contribution in [0, 0.1) is 0 Å². The summed E-state index contributed by atoms with van der Waals surface area (Å²) in [4.78, 5) is 16.0. The van der Waals surface area contributed by atoms with Gasteiger partial charge in [0, 0.05) is 23.7 Å². The molecule has 27 heavy (non-hydrogen) atoms. The third kappa shape index (κ3) is 6.46. The predicted molar refractivity (Wildman–Crippen MR) is 111 cm³/mol. The molecule has 0 aliphatic heterocycles. The van der Waals surface area contributed by atoms with Crippen molar-refractivity contribution in [2.24, 2.45) is 5.10 Å². The van der Waals surface area contributed by atoms with E-state index in [9.17, 15) is 4.79 Å². The number of hydrogen-bond acceptors (Lipinski definition) is 8. The van der Waals surface area contributed by atoms with Gasteiger partial charge in [0.25, 0.3) is 5.91 Å². The normalized spacial score (nSPS) is 11.4. The summed E-state index contributed by atoms with van der Waals surface area (Å²) in [5, 5.41) is 12.4. The van der Waals surface area contributed by atoms with E-state index in [0.29, 0.717) is 5.71 Å². The summed E-state index contributed by atoms with van der Waals surface area (Å²) in [5.74, 6) is 0.905. The van der Waals surface area contributed by atoms with Crippen molar-refractivity contribution in [1.29, 1.82) is 0 Å². The number of aromatic nitrogens is 3. The van der Waals surface area contributed by atoms with Crippen molar-refractivity contribution in [3.63, 3.8) is 0 Å². The zero-order valence-electron chi connectivity index (χ0n) is 14.5. The summed E-state index contributed by atoms with van der Waals surface area (Å²) in [7, 11) is 0. The quantitative estimate of drug-likeness (QED) is 0.342. The highest BCUT2D eigenvalue weighted by atomic mass is 32.2. The number of nitrogens with one attached hydrogen (secondary N) is 1. The summed E-state index contributed by atoms with van der Waals surface area (Å²) in [6.45, 7) is 1.82. The number of hydrazone groups is 1. The largest absolute Gasteiger partial charge is 0.272 e. The molecule has 0 fully saturated rings. The van der Waals surface area contributed by atoms with Gasteiger partial charge in [-0.05, 0) is 18.6 Å². The summed E-state index contributed by atoms with van der Waals surface area (Å²) in [5.41, 5.74) is 5.38. The first-order valence-electron chi connectivity index (χ1n) is 8.07. The number of amides is 1. The number of carbonyl (C=O) groups excluding carboxylic acids is 1. The second kappa shape index (κ2) is 10.2. The van der Waals surface area contributed by atoms with Gasteiger partial charge in [-0.3, -0.25) is 9.78 Å². The average Bonchev–Trinajstić information content (AvgIpc) is 3.18. The minimum Gasteiger partial charge on any atom is -0.272 e. The number of thioether (sulfide) groups is 2. The molecule has 0 aliphatic rings. The molecule has 1 aromatic carbocycles. The van der Waals surface area contributed by atoms with Gasteiger partial charge in [0.1, 0.15) is 0 Å². The maximum atomic E-state index is 12.0. The molecule has 0 saturated carbocycles. The maximum Gasteiger partial charge on any atom is 0.250 e. The fourth-order valence-corrected chi connectivity index (χ4v) is 4.75. The highest BCUT2D eigenvalue weighted by Gasteiger charge is 2.09. The molecule has 0 saturated heterocycles. The summed E-state index contributed by atoms with van der Waals surface area (Å²) < 4.78 is 1.67. The molecule has 6 nitrogen and oxygen atoms in total. The Bertz CT molecular complexity index is 900. The lowest BCUT2D eigenvalue weighted by Crippen LogP contribution is -2.21. The molecule has 0 aliphatic carbocycles. The lowest BCUT2D eigenvalue weighted by Gasteiger charge is -2.01. The van der Waals surface area contributed by atoms with E-state index in [4.69, 9.17) is 0 Å². The van der Waals surface area contributed by atoms with E-state index in [2.05, 4.69) is 37.8 Å². The van der Waals surface area contributed by atoms with Crippen LogP contribution in [0.25, 0.3) is 0 Å². The van der Waals surface area contributed by atoms with E-state index in [1.165, 1.54) is 28.7 Å². The Morgan fingerprint density at radius 1 is 1.11 bits per heavy atom. The molecule has 9 heteroatoms. The first-order valence-corrected chi connectivity index (χ1v) is 10.9. The average molecular weight is 416 g/mol. The van der Waals surface area contributed by atoms with Crippen molar-refractivity contribution in [2.45, 2.75) is 21.4 Å².